The smallest absolute Gasteiger partial charge is 0.160 e. The SMILES string of the molecule is Clc1cccc(-c2nc3cccnc3n2CC2CCOC2)c1. The summed E-state index contributed by atoms with van der Waals surface area (Å²) in [7, 11) is 0. The van der Waals surface area contributed by atoms with Crippen LogP contribution in [0, 0.1) is 5.92 Å². The highest BCUT2D eigenvalue weighted by Gasteiger charge is 2.21. The lowest BCUT2D eigenvalue weighted by molar-refractivity contribution is 0.183. The second-order valence-corrected chi connectivity index (χ2v) is 6.07. The molecule has 1 aliphatic heterocycles. The van der Waals surface area contributed by atoms with E-state index in [9.17, 15) is 0 Å². The van der Waals surface area contributed by atoms with Crippen LogP contribution in [0.4, 0.5) is 0 Å². The minimum Gasteiger partial charge on any atom is -0.381 e. The molecule has 1 aliphatic rings. The fourth-order valence-electron chi connectivity index (χ4n) is 2.96. The number of imidazole rings is 1. The van der Waals surface area contributed by atoms with Crippen LogP contribution in [0.3, 0.4) is 0 Å². The molecule has 0 N–H and O–H groups in total. The average Bonchev–Trinajstić information content (AvgIpc) is 3.16. The van der Waals surface area contributed by atoms with Gasteiger partial charge in [0.1, 0.15) is 11.3 Å². The van der Waals surface area contributed by atoms with Crippen molar-refractivity contribution >= 4 is 22.8 Å². The molecule has 0 amide bonds. The summed E-state index contributed by atoms with van der Waals surface area (Å²) >= 11 is 6.14. The van der Waals surface area contributed by atoms with Crippen molar-refractivity contribution in [3.8, 4) is 11.4 Å². The number of rotatable bonds is 3. The fourth-order valence-corrected chi connectivity index (χ4v) is 3.16. The zero-order valence-electron chi connectivity index (χ0n) is 12.1. The van der Waals surface area contributed by atoms with Gasteiger partial charge in [-0.15, -0.1) is 0 Å². The molecule has 2 aromatic heterocycles. The molecule has 0 bridgehead atoms. The predicted molar refractivity (Wildman–Crippen MR) is 86.9 cm³/mol. The van der Waals surface area contributed by atoms with Gasteiger partial charge in [-0.1, -0.05) is 23.7 Å². The summed E-state index contributed by atoms with van der Waals surface area (Å²) in [5.41, 5.74) is 2.85. The first-order valence-corrected chi connectivity index (χ1v) is 7.84. The van der Waals surface area contributed by atoms with Crippen LogP contribution in [-0.2, 0) is 11.3 Å². The molecule has 0 aliphatic carbocycles. The summed E-state index contributed by atoms with van der Waals surface area (Å²) in [5.74, 6) is 1.43. The summed E-state index contributed by atoms with van der Waals surface area (Å²) in [6.45, 7) is 2.52. The maximum Gasteiger partial charge on any atom is 0.160 e. The first-order valence-electron chi connectivity index (χ1n) is 7.46. The van der Waals surface area contributed by atoms with E-state index in [1.165, 1.54) is 0 Å². The second-order valence-electron chi connectivity index (χ2n) is 5.63. The largest absolute Gasteiger partial charge is 0.381 e. The van der Waals surface area contributed by atoms with Crippen LogP contribution in [0.15, 0.2) is 42.6 Å². The van der Waals surface area contributed by atoms with Gasteiger partial charge in [-0.2, -0.15) is 0 Å². The van der Waals surface area contributed by atoms with Gasteiger partial charge in [-0.25, -0.2) is 9.97 Å². The Morgan fingerprint density at radius 3 is 3.05 bits per heavy atom. The van der Waals surface area contributed by atoms with Crippen molar-refractivity contribution in [3.63, 3.8) is 0 Å². The monoisotopic (exact) mass is 313 g/mol. The summed E-state index contributed by atoms with van der Waals surface area (Å²) in [4.78, 5) is 9.29. The third kappa shape index (κ3) is 2.49. The van der Waals surface area contributed by atoms with Crippen LogP contribution in [0.1, 0.15) is 6.42 Å². The molecule has 1 fully saturated rings. The number of pyridine rings is 1. The van der Waals surface area contributed by atoms with Crippen molar-refractivity contribution in [1.82, 2.24) is 14.5 Å². The fraction of sp³-hybridized carbons (Fsp3) is 0.294. The number of fused-ring (bicyclic) bond motifs is 1. The van der Waals surface area contributed by atoms with Crippen molar-refractivity contribution in [3.05, 3.63) is 47.6 Å². The molecule has 1 unspecified atom stereocenters. The standard InChI is InChI=1S/C17H16ClN3O/c18-14-4-1-3-13(9-14)16-20-15-5-2-7-19-17(15)21(16)10-12-6-8-22-11-12/h1-5,7,9,12H,6,8,10-11H2. The number of halogens is 1. The number of nitrogens with zero attached hydrogens (tertiary/aromatic N) is 3. The van der Waals surface area contributed by atoms with Crippen LogP contribution >= 0.6 is 11.6 Å². The van der Waals surface area contributed by atoms with Crippen LogP contribution in [0.2, 0.25) is 5.02 Å². The predicted octanol–water partition coefficient (Wildman–Crippen LogP) is 3.79. The van der Waals surface area contributed by atoms with E-state index in [4.69, 9.17) is 21.3 Å². The number of ether oxygens (including phenoxy) is 1. The van der Waals surface area contributed by atoms with E-state index in [1.807, 2.05) is 42.6 Å². The number of hydrogen-bond acceptors (Lipinski definition) is 3. The quantitative estimate of drug-likeness (QED) is 0.738. The van der Waals surface area contributed by atoms with E-state index in [0.717, 1.165) is 48.7 Å². The van der Waals surface area contributed by atoms with Gasteiger partial charge in [0.25, 0.3) is 0 Å². The number of aromatic nitrogens is 3. The van der Waals surface area contributed by atoms with Crippen LogP contribution in [-0.4, -0.2) is 27.7 Å². The first kappa shape index (κ1) is 13.7. The van der Waals surface area contributed by atoms with E-state index in [-0.39, 0.29) is 0 Å². The Bertz CT molecular complexity index is 809. The zero-order chi connectivity index (χ0) is 14.9. The zero-order valence-corrected chi connectivity index (χ0v) is 12.8. The number of benzene rings is 1. The van der Waals surface area contributed by atoms with Crippen LogP contribution < -0.4 is 0 Å². The molecular weight excluding hydrogens is 298 g/mol. The normalized spacial score (nSPS) is 18.1. The van der Waals surface area contributed by atoms with E-state index >= 15 is 0 Å². The highest BCUT2D eigenvalue weighted by molar-refractivity contribution is 6.30. The van der Waals surface area contributed by atoms with Gasteiger partial charge in [0.05, 0.1) is 6.61 Å². The maximum absolute atomic E-state index is 6.14. The Hall–Kier alpha value is -1.91. The Labute approximate surface area is 133 Å². The minimum absolute atomic E-state index is 0.511. The minimum atomic E-state index is 0.511. The Kier molecular flexibility index (Phi) is 3.56. The van der Waals surface area contributed by atoms with E-state index in [2.05, 4.69) is 9.55 Å². The van der Waals surface area contributed by atoms with Gasteiger partial charge in [-0.05, 0) is 30.7 Å². The molecule has 1 saturated heterocycles. The molecule has 1 atom stereocenters. The first-order chi connectivity index (χ1) is 10.8. The molecule has 112 valence electrons. The highest BCUT2D eigenvalue weighted by Crippen LogP contribution is 2.28. The Morgan fingerprint density at radius 2 is 2.23 bits per heavy atom. The van der Waals surface area contributed by atoms with E-state index in [0.29, 0.717) is 10.9 Å². The van der Waals surface area contributed by atoms with Gasteiger partial charge in [-0.3, -0.25) is 0 Å². The third-order valence-electron chi connectivity index (χ3n) is 4.05. The molecule has 3 heterocycles. The maximum atomic E-state index is 6.14. The van der Waals surface area contributed by atoms with Gasteiger partial charge in [0.2, 0.25) is 0 Å². The molecule has 0 radical (unpaired) electrons. The molecule has 4 nitrogen and oxygen atoms in total. The van der Waals surface area contributed by atoms with Crippen molar-refractivity contribution < 1.29 is 4.74 Å². The Balaban J connectivity index is 1.85. The Morgan fingerprint density at radius 1 is 1.27 bits per heavy atom. The second kappa shape index (κ2) is 5.71. The van der Waals surface area contributed by atoms with Gasteiger partial charge >= 0.3 is 0 Å². The molecule has 5 heteroatoms. The lowest BCUT2D eigenvalue weighted by Gasteiger charge is -2.13. The van der Waals surface area contributed by atoms with Crippen LogP contribution in [0.5, 0.6) is 0 Å². The third-order valence-corrected chi connectivity index (χ3v) is 4.29. The summed E-state index contributed by atoms with van der Waals surface area (Å²) in [5, 5.41) is 0.716. The van der Waals surface area contributed by atoms with Crippen LogP contribution in [0.25, 0.3) is 22.6 Å². The summed E-state index contributed by atoms with van der Waals surface area (Å²) in [6, 6.07) is 11.7. The number of hydrogen-bond donors (Lipinski definition) is 0. The summed E-state index contributed by atoms with van der Waals surface area (Å²) < 4.78 is 7.70. The molecule has 0 spiro atoms. The molecular formula is C17H16ClN3O. The molecule has 3 aromatic rings. The highest BCUT2D eigenvalue weighted by atomic mass is 35.5. The van der Waals surface area contributed by atoms with Gasteiger partial charge in [0, 0.05) is 35.9 Å². The molecule has 1 aromatic carbocycles. The van der Waals surface area contributed by atoms with Gasteiger partial charge < -0.3 is 9.30 Å². The van der Waals surface area contributed by atoms with Gasteiger partial charge in [0.15, 0.2) is 5.65 Å². The summed E-state index contributed by atoms with van der Waals surface area (Å²) in [6.07, 6.45) is 2.90. The molecule has 0 saturated carbocycles. The van der Waals surface area contributed by atoms with Crippen molar-refractivity contribution in [2.75, 3.05) is 13.2 Å². The van der Waals surface area contributed by atoms with Crippen molar-refractivity contribution in [2.24, 2.45) is 5.92 Å². The van der Waals surface area contributed by atoms with Crippen molar-refractivity contribution in [1.29, 1.82) is 0 Å². The van der Waals surface area contributed by atoms with E-state index in [1.54, 1.807) is 0 Å². The average molecular weight is 314 g/mol. The van der Waals surface area contributed by atoms with Crippen molar-refractivity contribution in [2.45, 2.75) is 13.0 Å². The molecule has 22 heavy (non-hydrogen) atoms. The lowest BCUT2D eigenvalue weighted by atomic mass is 10.1. The topological polar surface area (TPSA) is 39.9 Å². The molecule has 4 rings (SSSR count). The lowest BCUT2D eigenvalue weighted by Crippen LogP contribution is -2.12. The van der Waals surface area contributed by atoms with E-state index < -0.39 is 0 Å².